The number of sulfone groups is 1. The van der Waals surface area contributed by atoms with Crippen LogP contribution in [0.15, 0.2) is 52.6 Å². The van der Waals surface area contributed by atoms with Crippen LogP contribution < -0.4 is 0 Å². The lowest BCUT2D eigenvalue weighted by molar-refractivity contribution is -0.142. The molecule has 1 aromatic heterocycles. The third kappa shape index (κ3) is 5.35. The van der Waals surface area contributed by atoms with E-state index < -0.39 is 15.8 Å². The smallest absolute Gasteiger partial charge is 0.310 e. The summed E-state index contributed by atoms with van der Waals surface area (Å²) in [5, 5.41) is 2.66. The maximum absolute atomic E-state index is 13.5. The monoisotopic (exact) mass is 446 g/mol. The number of esters is 1. The van der Waals surface area contributed by atoms with Crippen LogP contribution in [0, 0.1) is 17.6 Å². The first kappa shape index (κ1) is 22.6. The number of rotatable bonds is 8. The molecule has 7 nitrogen and oxygen atoms in total. The molecule has 1 heterocycles. The molecule has 9 heteroatoms. The van der Waals surface area contributed by atoms with E-state index in [2.05, 4.69) is 5.18 Å². The van der Waals surface area contributed by atoms with Gasteiger partial charge in [-0.15, -0.1) is 0 Å². The number of carbonyl (C=O) groups is 1. The Kier molecular flexibility index (Phi) is 6.84. The quantitative estimate of drug-likeness (QED) is 0.348. The number of benzene rings is 1. The van der Waals surface area contributed by atoms with Gasteiger partial charge in [0.2, 0.25) is 0 Å². The van der Waals surface area contributed by atoms with Crippen molar-refractivity contribution in [2.45, 2.75) is 26.2 Å². The summed E-state index contributed by atoms with van der Waals surface area (Å²) in [7, 11) is -3.25. The summed E-state index contributed by atoms with van der Waals surface area (Å²) >= 11 is 0. The standard InChI is InChI=1S/C22H23FN2O5S/c1-15-17(14-22(26)30-12-11-24-27)13-21(25(15)19-7-5-18(23)6-8-19)16-3-9-20(10-4-16)31(2,28)29/h3,5-9,13H,4,10-12,14H2,1-2H3. The minimum atomic E-state index is -3.25. The molecule has 0 amide bonds. The largest absolute Gasteiger partial charge is 0.463 e. The minimum Gasteiger partial charge on any atom is -0.463 e. The summed E-state index contributed by atoms with van der Waals surface area (Å²) < 4.78 is 44.0. The molecule has 0 saturated heterocycles. The summed E-state index contributed by atoms with van der Waals surface area (Å²) in [5.41, 5.74) is 3.93. The average molecular weight is 447 g/mol. The molecular weight excluding hydrogens is 423 g/mol. The van der Waals surface area contributed by atoms with E-state index in [1.165, 1.54) is 18.4 Å². The molecule has 0 saturated carbocycles. The van der Waals surface area contributed by atoms with Crippen molar-refractivity contribution >= 4 is 21.4 Å². The van der Waals surface area contributed by atoms with Gasteiger partial charge >= 0.3 is 5.97 Å². The summed E-state index contributed by atoms with van der Waals surface area (Å²) in [6.07, 6.45) is 5.46. The molecule has 0 N–H and O–H groups in total. The summed E-state index contributed by atoms with van der Waals surface area (Å²) in [4.78, 5) is 22.7. The molecule has 0 atom stereocenters. The number of carbonyl (C=O) groups excluding carboxylic acids is 1. The number of ether oxygens (including phenoxy) is 1. The van der Waals surface area contributed by atoms with Crippen molar-refractivity contribution in [3.63, 3.8) is 0 Å². The Morgan fingerprint density at radius 2 is 1.90 bits per heavy atom. The van der Waals surface area contributed by atoms with Crippen molar-refractivity contribution < 1.29 is 22.3 Å². The fraction of sp³-hybridized carbons (Fsp3) is 0.318. The number of aromatic nitrogens is 1. The third-order valence-electron chi connectivity index (χ3n) is 5.13. The van der Waals surface area contributed by atoms with E-state index in [0.717, 1.165) is 28.2 Å². The van der Waals surface area contributed by atoms with Crippen molar-refractivity contribution in [1.82, 2.24) is 4.57 Å². The van der Waals surface area contributed by atoms with Gasteiger partial charge in [0.1, 0.15) is 19.0 Å². The van der Waals surface area contributed by atoms with Crippen molar-refractivity contribution in [3.05, 3.63) is 75.1 Å². The lowest BCUT2D eigenvalue weighted by Gasteiger charge is -2.17. The maximum Gasteiger partial charge on any atom is 0.310 e. The molecule has 1 aliphatic rings. The topological polar surface area (TPSA) is 94.8 Å². The van der Waals surface area contributed by atoms with Crippen LogP contribution in [0.5, 0.6) is 0 Å². The van der Waals surface area contributed by atoms with Gasteiger partial charge in [0.25, 0.3) is 0 Å². The van der Waals surface area contributed by atoms with E-state index in [1.54, 1.807) is 24.3 Å². The summed E-state index contributed by atoms with van der Waals surface area (Å²) in [5.74, 6) is -0.841. The fourth-order valence-corrected chi connectivity index (χ4v) is 4.33. The lowest BCUT2D eigenvalue weighted by atomic mass is 10.0. The molecule has 3 rings (SSSR count). The van der Waals surface area contributed by atoms with Gasteiger partial charge in [-0.25, -0.2) is 12.8 Å². The van der Waals surface area contributed by atoms with E-state index in [1.807, 2.05) is 17.6 Å². The van der Waals surface area contributed by atoms with Crippen LogP contribution in [0.25, 0.3) is 11.3 Å². The molecule has 0 aliphatic heterocycles. The molecule has 1 aliphatic carbocycles. The van der Waals surface area contributed by atoms with Crippen molar-refractivity contribution in [2.75, 3.05) is 19.4 Å². The number of halogens is 1. The first-order valence-corrected chi connectivity index (χ1v) is 11.6. The van der Waals surface area contributed by atoms with Crippen molar-refractivity contribution in [3.8, 4) is 5.69 Å². The highest BCUT2D eigenvalue weighted by atomic mass is 32.2. The minimum absolute atomic E-state index is 0.00357. The molecule has 1 aromatic carbocycles. The Morgan fingerprint density at radius 1 is 1.19 bits per heavy atom. The maximum atomic E-state index is 13.5. The highest BCUT2D eigenvalue weighted by Crippen LogP contribution is 2.33. The Balaban J connectivity index is 2.02. The zero-order valence-corrected chi connectivity index (χ0v) is 18.1. The summed E-state index contributed by atoms with van der Waals surface area (Å²) in [6, 6.07) is 7.87. The van der Waals surface area contributed by atoms with Crippen LogP contribution >= 0.6 is 0 Å². The molecular formula is C22H23FN2O5S. The highest BCUT2D eigenvalue weighted by molar-refractivity contribution is 7.94. The molecule has 164 valence electrons. The fourth-order valence-electron chi connectivity index (χ4n) is 3.54. The number of allylic oxidation sites excluding steroid dienone is 4. The molecule has 0 fully saturated rings. The van der Waals surface area contributed by atoms with Gasteiger partial charge in [-0.1, -0.05) is 11.3 Å². The summed E-state index contributed by atoms with van der Waals surface area (Å²) in [6.45, 7) is 1.68. The lowest BCUT2D eigenvalue weighted by Crippen LogP contribution is -2.11. The third-order valence-corrected chi connectivity index (χ3v) is 6.43. The van der Waals surface area contributed by atoms with Gasteiger partial charge in [0.05, 0.1) is 6.42 Å². The zero-order chi connectivity index (χ0) is 22.6. The zero-order valence-electron chi connectivity index (χ0n) is 17.3. The predicted octanol–water partition coefficient (Wildman–Crippen LogP) is 3.88. The van der Waals surface area contributed by atoms with Gasteiger partial charge in [-0.05, 0) is 67.3 Å². The second-order valence-corrected chi connectivity index (χ2v) is 9.37. The van der Waals surface area contributed by atoms with Gasteiger partial charge in [-0.3, -0.25) is 4.79 Å². The second kappa shape index (κ2) is 9.38. The van der Waals surface area contributed by atoms with Crippen molar-refractivity contribution in [2.24, 2.45) is 5.18 Å². The Hall–Kier alpha value is -3.07. The van der Waals surface area contributed by atoms with E-state index in [0.29, 0.717) is 17.7 Å². The molecule has 0 radical (unpaired) electrons. The number of hydrogen-bond donors (Lipinski definition) is 0. The highest BCUT2D eigenvalue weighted by Gasteiger charge is 2.22. The van der Waals surface area contributed by atoms with Crippen LogP contribution in [-0.2, 0) is 25.8 Å². The van der Waals surface area contributed by atoms with Crippen LogP contribution in [0.4, 0.5) is 4.39 Å². The normalized spacial score (nSPS) is 14.0. The van der Waals surface area contributed by atoms with Crippen LogP contribution in [0.2, 0.25) is 0 Å². The van der Waals surface area contributed by atoms with E-state index >= 15 is 0 Å². The molecule has 0 unspecified atom stereocenters. The first-order valence-electron chi connectivity index (χ1n) is 9.72. The van der Waals surface area contributed by atoms with E-state index in [9.17, 15) is 22.5 Å². The molecule has 31 heavy (non-hydrogen) atoms. The molecule has 0 spiro atoms. The number of nitroso groups, excluding NO2 is 1. The van der Waals surface area contributed by atoms with Crippen LogP contribution in [0.3, 0.4) is 0 Å². The van der Waals surface area contributed by atoms with Gasteiger partial charge < -0.3 is 9.30 Å². The molecule has 2 aromatic rings. The van der Waals surface area contributed by atoms with Gasteiger partial charge in [0, 0.05) is 28.2 Å². The first-order chi connectivity index (χ1) is 14.7. The van der Waals surface area contributed by atoms with Gasteiger partial charge in [-0.2, -0.15) is 4.91 Å². The Morgan fingerprint density at radius 3 is 2.48 bits per heavy atom. The Bertz CT molecular complexity index is 1160. The van der Waals surface area contributed by atoms with Crippen molar-refractivity contribution in [1.29, 1.82) is 0 Å². The second-order valence-electron chi connectivity index (χ2n) is 7.30. The van der Waals surface area contributed by atoms with E-state index in [-0.39, 0.29) is 25.4 Å². The molecule has 0 bridgehead atoms. The van der Waals surface area contributed by atoms with Gasteiger partial charge in [0.15, 0.2) is 9.84 Å². The average Bonchev–Trinajstić information content (AvgIpc) is 3.04. The Labute approximate surface area is 180 Å². The number of hydrogen-bond acceptors (Lipinski definition) is 6. The van der Waals surface area contributed by atoms with Crippen LogP contribution in [-0.4, -0.2) is 38.4 Å². The SMILES string of the molecule is Cc1c(CC(=O)OCCN=O)cc(C2=CC=C(S(C)(=O)=O)CC2)n1-c1ccc(F)cc1. The van der Waals surface area contributed by atoms with E-state index in [4.69, 9.17) is 4.74 Å². The number of nitrogens with zero attached hydrogens (tertiary/aromatic N) is 2. The predicted molar refractivity (Wildman–Crippen MR) is 116 cm³/mol. The van der Waals surface area contributed by atoms with Crippen LogP contribution in [0.1, 0.15) is 29.8 Å².